The lowest BCUT2D eigenvalue weighted by molar-refractivity contribution is 0.186. The maximum Gasteiger partial charge on any atom is 0.236 e. The van der Waals surface area contributed by atoms with Gasteiger partial charge in [0.15, 0.2) is 0 Å². The normalized spacial score (nSPS) is 11.7. The topological polar surface area (TPSA) is 119 Å². The summed E-state index contributed by atoms with van der Waals surface area (Å²) in [6, 6.07) is 12.4. The third-order valence-corrected chi connectivity index (χ3v) is 4.10. The number of benzene rings is 1. The summed E-state index contributed by atoms with van der Waals surface area (Å²) >= 11 is 0. The van der Waals surface area contributed by atoms with E-state index in [1.165, 1.54) is 0 Å². The Balaban J connectivity index is 1.98. The predicted molar refractivity (Wildman–Crippen MR) is 103 cm³/mol. The Morgan fingerprint density at radius 3 is 2.75 bits per heavy atom. The van der Waals surface area contributed by atoms with Crippen LogP contribution in [0, 0.1) is 11.3 Å². The average molecular weight is 379 g/mol. The Kier molecular flexibility index (Phi) is 5.89. The van der Waals surface area contributed by atoms with Gasteiger partial charge in [0, 0.05) is 30.9 Å². The molecule has 0 aliphatic rings. The minimum absolute atomic E-state index is 0.120. The Morgan fingerprint density at radius 2 is 2.11 bits per heavy atom. The van der Waals surface area contributed by atoms with Crippen molar-refractivity contribution in [3.8, 4) is 34.8 Å². The summed E-state index contributed by atoms with van der Waals surface area (Å²) in [6.45, 7) is 2.49. The maximum atomic E-state index is 9.84. The number of aryl methyl sites for hydroxylation is 1. The fourth-order valence-corrected chi connectivity index (χ4v) is 2.64. The zero-order valence-electron chi connectivity index (χ0n) is 15.7. The number of rotatable bonds is 7. The van der Waals surface area contributed by atoms with Crippen molar-refractivity contribution in [2.24, 2.45) is 12.8 Å². The van der Waals surface area contributed by atoms with Crippen molar-refractivity contribution in [2.75, 3.05) is 13.2 Å². The molecule has 0 amide bonds. The quantitative estimate of drug-likeness (QED) is 0.647. The minimum Gasteiger partial charge on any atom is -0.477 e. The molecule has 8 heteroatoms. The Bertz CT molecular complexity index is 992. The van der Waals surface area contributed by atoms with Gasteiger partial charge in [-0.1, -0.05) is 6.07 Å². The minimum atomic E-state index is -0.760. The third-order valence-electron chi connectivity index (χ3n) is 4.10. The highest BCUT2D eigenvalue weighted by Gasteiger charge is 2.15. The molecule has 0 saturated carbocycles. The molecule has 0 fully saturated rings. The van der Waals surface area contributed by atoms with E-state index in [0.717, 1.165) is 0 Å². The van der Waals surface area contributed by atoms with E-state index in [2.05, 4.69) is 16.2 Å². The number of nitrogens with two attached hydrogens (primary N) is 1. The van der Waals surface area contributed by atoms with Crippen LogP contribution in [0.4, 0.5) is 0 Å². The Hall–Kier alpha value is -3.41. The number of nitrogens with zero attached hydrogens (tertiary/aromatic N) is 4. The molecule has 0 aliphatic carbocycles. The summed E-state index contributed by atoms with van der Waals surface area (Å²) in [5.74, 6) is 1.39. The number of ether oxygens (including phenoxy) is 2. The summed E-state index contributed by atoms with van der Waals surface area (Å²) in [4.78, 5) is 4.41. The van der Waals surface area contributed by atoms with Crippen LogP contribution in [-0.2, 0) is 7.05 Å². The fourth-order valence-electron chi connectivity index (χ4n) is 2.64. The van der Waals surface area contributed by atoms with Gasteiger partial charge in [0.05, 0.1) is 36.1 Å². The van der Waals surface area contributed by atoms with Crippen LogP contribution in [0.1, 0.15) is 24.2 Å². The van der Waals surface area contributed by atoms with Gasteiger partial charge >= 0.3 is 0 Å². The molecule has 0 radical (unpaired) electrons. The molecule has 3 N–H and O–H groups in total. The molecular formula is C20H21N5O3. The highest BCUT2D eigenvalue weighted by molar-refractivity contribution is 5.69. The van der Waals surface area contributed by atoms with Crippen molar-refractivity contribution < 1.29 is 14.6 Å². The van der Waals surface area contributed by atoms with Crippen LogP contribution in [0.25, 0.3) is 11.3 Å². The van der Waals surface area contributed by atoms with Crippen LogP contribution in [0.5, 0.6) is 17.5 Å². The zero-order chi connectivity index (χ0) is 20.1. The van der Waals surface area contributed by atoms with Crippen LogP contribution < -0.4 is 15.2 Å². The van der Waals surface area contributed by atoms with Gasteiger partial charge in [-0.25, -0.2) is 4.68 Å². The molecule has 0 saturated heterocycles. The lowest BCUT2D eigenvalue weighted by atomic mass is 10.1. The fraction of sp³-hybridized carbons (Fsp3) is 0.250. The maximum absolute atomic E-state index is 9.84. The molecular weight excluding hydrogens is 358 g/mol. The van der Waals surface area contributed by atoms with Crippen molar-refractivity contribution >= 4 is 0 Å². The number of aromatic nitrogens is 3. The standard InChI is InChI=1S/C20H21N5O3/c1-3-27-19-9-20(25(2)24-19)28-18-8-13(10-21)4-6-15(18)16-7-5-14(12-23-16)17(26)11-22/h4-9,12,17,26H,3,11,22H2,1-2H3. The molecule has 0 spiro atoms. The first-order valence-corrected chi connectivity index (χ1v) is 8.79. The molecule has 144 valence electrons. The smallest absolute Gasteiger partial charge is 0.236 e. The largest absolute Gasteiger partial charge is 0.477 e. The Labute approximate surface area is 162 Å². The molecule has 8 nitrogen and oxygen atoms in total. The lowest BCUT2D eigenvalue weighted by Gasteiger charge is -2.12. The summed E-state index contributed by atoms with van der Waals surface area (Å²) < 4.78 is 13.0. The van der Waals surface area contributed by atoms with E-state index in [-0.39, 0.29) is 6.54 Å². The summed E-state index contributed by atoms with van der Waals surface area (Å²) in [5, 5.41) is 23.3. The monoisotopic (exact) mass is 379 g/mol. The first-order chi connectivity index (χ1) is 13.5. The van der Waals surface area contributed by atoms with Crippen molar-refractivity contribution in [3.05, 3.63) is 53.7 Å². The van der Waals surface area contributed by atoms with Gasteiger partial charge < -0.3 is 20.3 Å². The highest BCUT2D eigenvalue weighted by Crippen LogP contribution is 2.34. The second kappa shape index (κ2) is 8.52. The average Bonchev–Trinajstić information content (AvgIpc) is 3.06. The first-order valence-electron chi connectivity index (χ1n) is 8.79. The van der Waals surface area contributed by atoms with Gasteiger partial charge in [-0.05, 0) is 31.2 Å². The highest BCUT2D eigenvalue weighted by atomic mass is 16.5. The number of aliphatic hydroxyl groups excluding tert-OH is 1. The molecule has 2 heterocycles. The summed E-state index contributed by atoms with van der Waals surface area (Å²) in [5.41, 5.74) is 7.92. The van der Waals surface area contributed by atoms with Crippen molar-refractivity contribution in [1.29, 1.82) is 5.26 Å². The lowest BCUT2D eigenvalue weighted by Crippen LogP contribution is -2.11. The van der Waals surface area contributed by atoms with Crippen molar-refractivity contribution in [1.82, 2.24) is 14.8 Å². The SMILES string of the molecule is CCOc1cc(Oc2cc(C#N)ccc2-c2ccc(C(O)CN)cn2)n(C)n1. The molecule has 1 unspecified atom stereocenters. The molecule has 2 aromatic heterocycles. The van der Waals surface area contributed by atoms with Crippen molar-refractivity contribution in [2.45, 2.75) is 13.0 Å². The molecule has 0 aliphatic heterocycles. The number of pyridine rings is 1. The van der Waals surface area contributed by atoms with Crippen LogP contribution in [0.15, 0.2) is 42.6 Å². The van der Waals surface area contributed by atoms with Gasteiger partial charge in [0.2, 0.25) is 11.8 Å². The van der Waals surface area contributed by atoms with Gasteiger partial charge in [-0.15, -0.1) is 5.10 Å². The first kappa shape index (κ1) is 19.4. The van der Waals surface area contributed by atoms with Crippen LogP contribution >= 0.6 is 0 Å². The molecule has 0 bridgehead atoms. The number of hydrogen-bond donors (Lipinski definition) is 2. The van der Waals surface area contributed by atoms with E-state index in [1.807, 2.05) is 6.92 Å². The number of hydrogen-bond acceptors (Lipinski definition) is 7. The van der Waals surface area contributed by atoms with E-state index < -0.39 is 6.10 Å². The van der Waals surface area contributed by atoms with E-state index in [0.29, 0.717) is 46.5 Å². The van der Waals surface area contributed by atoms with E-state index in [4.69, 9.17) is 15.2 Å². The number of nitriles is 1. The molecule has 1 aromatic carbocycles. The Morgan fingerprint density at radius 1 is 1.29 bits per heavy atom. The predicted octanol–water partition coefficient (Wildman–Crippen LogP) is 2.54. The van der Waals surface area contributed by atoms with E-state index in [1.54, 1.807) is 54.3 Å². The van der Waals surface area contributed by atoms with Gasteiger partial charge in [-0.2, -0.15) is 5.26 Å². The summed E-state index contributed by atoms with van der Waals surface area (Å²) in [6.07, 6.45) is 0.816. The van der Waals surface area contributed by atoms with E-state index in [9.17, 15) is 10.4 Å². The van der Waals surface area contributed by atoms with Crippen LogP contribution in [0.2, 0.25) is 0 Å². The second-order valence-electron chi connectivity index (χ2n) is 6.03. The van der Waals surface area contributed by atoms with Crippen LogP contribution in [-0.4, -0.2) is 33.0 Å². The van der Waals surface area contributed by atoms with E-state index >= 15 is 0 Å². The van der Waals surface area contributed by atoms with Gasteiger partial charge in [0.1, 0.15) is 5.75 Å². The molecule has 28 heavy (non-hydrogen) atoms. The third kappa shape index (κ3) is 4.11. The molecule has 3 aromatic rings. The summed E-state index contributed by atoms with van der Waals surface area (Å²) in [7, 11) is 1.74. The second-order valence-corrected chi connectivity index (χ2v) is 6.03. The van der Waals surface area contributed by atoms with Crippen LogP contribution in [0.3, 0.4) is 0 Å². The van der Waals surface area contributed by atoms with Gasteiger partial charge in [-0.3, -0.25) is 4.98 Å². The van der Waals surface area contributed by atoms with Gasteiger partial charge in [0.25, 0.3) is 0 Å². The molecule has 1 atom stereocenters. The van der Waals surface area contributed by atoms with Crippen molar-refractivity contribution in [3.63, 3.8) is 0 Å². The molecule has 3 rings (SSSR count). The zero-order valence-corrected chi connectivity index (χ0v) is 15.7. The number of aliphatic hydroxyl groups is 1.